The molecule has 1 saturated heterocycles. The fourth-order valence-electron chi connectivity index (χ4n) is 2.96. The Labute approximate surface area is 149 Å². The number of sulfonamides is 1. The molecule has 1 aromatic carbocycles. The Balaban J connectivity index is 2.11. The minimum atomic E-state index is -3.63. The molecular formula is C17H25N3O4S. The van der Waals surface area contributed by atoms with Crippen molar-refractivity contribution in [1.29, 1.82) is 0 Å². The van der Waals surface area contributed by atoms with Crippen LogP contribution in [0, 0.1) is 0 Å². The van der Waals surface area contributed by atoms with Crippen LogP contribution in [0.25, 0.3) is 0 Å². The molecule has 1 aliphatic rings. The lowest BCUT2D eigenvalue weighted by molar-refractivity contribution is -0.116. The van der Waals surface area contributed by atoms with Crippen molar-refractivity contribution in [2.75, 3.05) is 29.7 Å². The maximum Gasteiger partial charge on any atom is 0.251 e. The zero-order valence-electron chi connectivity index (χ0n) is 14.9. The van der Waals surface area contributed by atoms with Gasteiger partial charge in [-0.05, 0) is 38.2 Å². The average molecular weight is 367 g/mol. The fourth-order valence-corrected chi connectivity index (χ4v) is 4.41. The summed E-state index contributed by atoms with van der Waals surface area (Å²) >= 11 is 0. The highest BCUT2D eigenvalue weighted by molar-refractivity contribution is 7.94. The molecule has 1 heterocycles. The van der Waals surface area contributed by atoms with Crippen molar-refractivity contribution in [2.45, 2.75) is 33.2 Å². The summed E-state index contributed by atoms with van der Waals surface area (Å²) in [4.78, 5) is 26.5. The molecule has 0 saturated carbocycles. The Morgan fingerprint density at radius 2 is 2.00 bits per heavy atom. The van der Waals surface area contributed by atoms with Crippen molar-refractivity contribution >= 4 is 27.5 Å². The highest BCUT2D eigenvalue weighted by Crippen LogP contribution is 2.25. The molecule has 1 unspecified atom stereocenters. The molecule has 1 fully saturated rings. The number of hydrogen-bond donors (Lipinski definition) is 1. The van der Waals surface area contributed by atoms with E-state index in [0.717, 1.165) is 17.4 Å². The summed E-state index contributed by atoms with van der Waals surface area (Å²) < 4.78 is 24.8. The molecule has 8 heteroatoms. The molecule has 1 aliphatic heterocycles. The molecule has 2 rings (SSSR count). The van der Waals surface area contributed by atoms with Gasteiger partial charge in [0.1, 0.15) is 0 Å². The second kappa shape index (κ2) is 7.97. The Bertz CT molecular complexity index is 744. The van der Waals surface area contributed by atoms with Gasteiger partial charge in [-0.25, -0.2) is 12.7 Å². The van der Waals surface area contributed by atoms with E-state index in [0.29, 0.717) is 12.1 Å². The van der Waals surface area contributed by atoms with Crippen LogP contribution in [0.5, 0.6) is 0 Å². The van der Waals surface area contributed by atoms with Crippen LogP contribution in [0.15, 0.2) is 24.3 Å². The number of carbonyl (C=O) groups is 2. The normalized spacial score (nSPS) is 17.8. The van der Waals surface area contributed by atoms with Crippen molar-refractivity contribution < 1.29 is 18.0 Å². The van der Waals surface area contributed by atoms with E-state index in [9.17, 15) is 18.0 Å². The molecule has 0 bridgehead atoms. The molecule has 7 nitrogen and oxygen atoms in total. The van der Waals surface area contributed by atoms with Gasteiger partial charge in [0.15, 0.2) is 0 Å². The van der Waals surface area contributed by atoms with Crippen molar-refractivity contribution in [1.82, 2.24) is 10.2 Å². The van der Waals surface area contributed by atoms with Gasteiger partial charge in [-0.2, -0.15) is 0 Å². The molecule has 2 amide bonds. The highest BCUT2D eigenvalue weighted by Gasteiger charge is 2.36. The molecular weight excluding hydrogens is 342 g/mol. The lowest BCUT2D eigenvalue weighted by atomic mass is 10.1. The van der Waals surface area contributed by atoms with Crippen LogP contribution >= 0.6 is 0 Å². The SMILES string of the molecule is CCN(CC)C(C)CNC(=O)c1cccc(N2C(=O)CCS2(=O)=O)c1. The number of hydrogen-bond acceptors (Lipinski definition) is 5. The van der Waals surface area contributed by atoms with Crippen LogP contribution in [0.4, 0.5) is 5.69 Å². The van der Waals surface area contributed by atoms with Crippen LogP contribution in [0.2, 0.25) is 0 Å². The number of nitrogens with one attached hydrogen (secondary N) is 1. The monoisotopic (exact) mass is 367 g/mol. The number of rotatable bonds is 7. The second-order valence-corrected chi connectivity index (χ2v) is 7.99. The summed E-state index contributed by atoms with van der Waals surface area (Å²) in [5, 5.41) is 2.86. The van der Waals surface area contributed by atoms with Gasteiger partial charge in [0.2, 0.25) is 15.9 Å². The molecule has 0 radical (unpaired) electrons. The predicted octanol–water partition coefficient (Wildman–Crippen LogP) is 1.21. The van der Waals surface area contributed by atoms with Crippen LogP contribution in [-0.4, -0.2) is 56.6 Å². The van der Waals surface area contributed by atoms with Gasteiger partial charge in [0, 0.05) is 24.6 Å². The van der Waals surface area contributed by atoms with Gasteiger partial charge in [-0.15, -0.1) is 0 Å². The Morgan fingerprint density at radius 3 is 2.56 bits per heavy atom. The maximum atomic E-state index is 12.4. The minimum Gasteiger partial charge on any atom is -0.350 e. The zero-order chi connectivity index (χ0) is 18.6. The van der Waals surface area contributed by atoms with Crippen molar-refractivity contribution in [3.8, 4) is 0 Å². The third-order valence-corrected chi connectivity index (χ3v) is 6.11. The van der Waals surface area contributed by atoms with E-state index in [-0.39, 0.29) is 29.8 Å². The number of likely N-dealkylation sites (N-methyl/N-ethyl adjacent to an activating group) is 1. The van der Waals surface area contributed by atoms with Gasteiger partial charge in [-0.1, -0.05) is 19.9 Å². The predicted molar refractivity (Wildman–Crippen MR) is 97.0 cm³/mol. The third kappa shape index (κ3) is 4.38. The van der Waals surface area contributed by atoms with Gasteiger partial charge in [0.05, 0.1) is 11.4 Å². The number of amides is 2. The molecule has 0 spiro atoms. The summed E-state index contributed by atoms with van der Waals surface area (Å²) in [6.45, 7) is 8.47. The first-order chi connectivity index (χ1) is 11.8. The molecule has 1 aromatic rings. The average Bonchev–Trinajstić information content (AvgIpc) is 2.86. The first kappa shape index (κ1) is 19.4. The summed E-state index contributed by atoms with van der Waals surface area (Å²) in [6.07, 6.45) is -0.0276. The smallest absolute Gasteiger partial charge is 0.251 e. The Kier molecular flexibility index (Phi) is 6.18. The van der Waals surface area contributed by atoms with E-state index in [1.165, 1.54) is 12.1 Å². The van der Waals surface area contributed by atoms with Gasteiger partial charge in [0.25, 0.3) is 5.91 Å². The summed E-state index contributed by atoms with van der Waals surface area (Å²) in [5.74, 6) is -0.943. The van der Waals surface area contributed by atoms with E-state index >= 15 is 0 Å². The molecule has 1 atom stereocenters. The number of carbonyl (C=O) groups excluding carboxylic acids is 2. The fraction of sp³-hybridized carbons (Fsp3) is 0.529. The minimum absolute atomic E-state index is 0.0276. The third-order valence-electron chi connectivity index (χ3n) is 4.42. The lowest BCUT2D eigenvalue weighted by Crippen LogP contribution is -2.42. The molecule has 1 N–H and O–H groups in total. The summed E-state index contributed by atoms with van der Waals surface area (Å²) in [7, 11) is -3.63. The molecule has 25 heavy (non-hydrogen) atoms. The molecule has 0 aliphatic carbocycles. The van der Waals surface area contributed by atoms with Crippen LogP contribution in [0.3, 0.4) is 0 Å². The number of anilines is 1. The first-order valence-corrected chi connectivity index (χ1v) is 10.1. The second-order valence-electron chi connectivity index (χ2n) is 6.05. The van der Waals surface area contributed by atoms with E-state index in [2.05, 4.69) is 24.1 Å². The highest BCUT2D eigenvalue weighted by atomic mass is 32.2. The van der Waals surface area contributed by atoms with Crippen LogP contribution in [-0.2, 0) is 14.8 Å². The van der Waals surface area contributed by atoms with Gasteiger partial charge >= 0.3 is 0 Å². The molecule has 0 aromatic heterocycles. The molecule has 138 valence electrons. The summed E-state index contributed by atoms with van der Waals surface area (Å²) in [6, 6.07) is 6.35. The summed E-state index contributed by atoms with van der Waals surface area (Å²) in [5.41, 5.74) is 0.547. The maximum absolute atomic E-state index is 12.4. The quantitative estimate of drug-likeness (QED) is 0.783. The Morgan fingerprint density at radius 1 is 1.32 bits per heavy atom. The zero-order valence-corrected chi connectivity index (χ0v) is 15.7. The standard InChI is InChI=1S/C17H25N3O4S/c1-4-19(5-2)13(3)12-18-17(22)14-7-6-8-15(11-14)20-16(21)9-10-25(20,23)24/h6-8,11,13H,4-5,9-10,12H2,1-3H3,(H,18,22). The van der Waals surface area contributed by atoms with Crippen LogP contribution < -0.4 is 9.62 Å². The van der Waals surface area contributed by atoms with Gasteiger partial charge in [-0.3, -0.25) is 14.5 Å². The van der Waals surface area contributed by atoms with Crippen molar-refractivity contribution in [3.63, 3.8) is 0 Å². The number of nitrogens with zero attached hydrogens (tertiary/aromatic N) is 2. The van der Waals surface area contributed by atoms with E-state index in [4.69, 9.17) is 0 Å². The van der Waals surface area contributed by atoms with E-state index in [1.54, 1.807) is 12.1 Å². The Hall–Kier alpha value is -1.93. The van der Waals surface area contributed by atoms with Crippen molar-refractivity contribution in [3.05, 3.63) is 29.8 Å². The van der Waals surface area contributed by atoms with E-state index < -0.39 is 15.9 Å². The topological polar surface area (TPSA) is 86.8 Å². The van der Waals surface area contributed by atoms with Crippen molar-refractivity contribution in [2.24, 2.45) is 0 Å². The number of benzene rings is 1. The lowest BCUT2D eigenvalue weighted by Gasteiger charge is -2.26. The van der Waals surface area contributed by atoms with E-state index in [1.807, 2.05) is 6.92 Å². The van der Waals surface area contributed by atoms with Gasteiger partial charge < -0.3 is 5.32 Å². The first-order valence-electron chi connectivity index (χ1n) is 8.48. The largest absolute Gasteiger partial charge is 0.350 e. The van der Waals surface area contributed by atoms with Crippen LogP contribution in [0.1, 0.15) is 37.6 Å².